The van der Waals surface area contributed by atoms with E-state index >= 15 is 0 Å². The second-order valence-electron chi connectivity index (χ2n) is 6.18. The van der Waals surface area contributed by atoms with Crippen LogP contribution in [-0.4, -0.2) is 43.9 Å². The molecular weight excluding hydrogens is 278 g/mol. The van der Waals surface area contributed by atoms with Gasteiger partial charge in [-0.15, -0.1) is 0 Å². The van der Waals surface area contributed by atoms with Gasteiger partial charge in [0, 0.05) is 40.3 Å². The van der Waals surface area contributed by atoms with E-state index in [4.69, 9.17) is 0 Å². The standard InChI is InChI=1S/C17H27N3O2/c1-12(2)16(18-13(3)21)17(22)20(6)11-14-7-9-15(10-8-14)19(4)5/h7-10,12,16H,11H2,1-6H3,(H,18,21). The summed E-state index contributed by atoms with van der Waals surface area (Å²) in [6.45, 7) is 5.81. The maximum atomic E-state index is 12.5. The van der Waals surface area contributed by atoms with Crippen molar-refractivity contribution in [3.05, 3.63) is 29.8 Å². The van der Waals surface area contributed by atoms with Crippen molar-refractivity contribution in [1.82, 2.24) is 10.2 Å². The molecular formula is C17H27N3O2. The largest absolute Gasteiger partial charge is 0.378 e. The molecule has 0 radical (unpaired) electrons. The Labute approximate surface area is 133 Å². The van der Waals surface area contributed by atoms with Crippen LogP contribution in [0.5, 0.6) is 0 Å². The van der Waals surface area contributed by atoms with Crippen molar-refractivity contribution in [2.45, 2.75) is 33.4 Å². The van der Waals surface area contributed by atoms with Gasteiger partial charge in [0.15, 0.2) is 0 Å². The number of hydrogen-bond acceptors (Lipinski definition) is 3. The Balaban J connectivity index is 2.75. The van der Waals surface area contributed by atoms with Crippen LogP contribution in [0.3, 0.4) is 0 Å². The lowest BCUT2D eigenvalue weighted by molar-refractivity contribution is -0.136. The van der Waals surface area contributed by atoms with Crippen LogP contribution in [-0.2, 0) is 16.1 Å². The van der Waals surface area contributed by atoms with Gasteiger partial charge in [0.05, 0.1) is 0 Å². The summed E-state index contributed by atoms with van der Waals surface area (Å²) in [4.78, 5) is 27.5. The first kappa shape index (κ1) is 18.0. The summed E-state index contributed by atoms with van der Waals surface area (Å²) in [5.74, 6) is -0.201. The molecule has 0 fully saturated rings. The number of benzene rings is 1. The molecule has 0 aliphatic carbocycles. The maximum Gasteiger partial charge on any atom is 0.245 e. The van der Waals surface area contributed by atoms with Gasteiger partial charge in [-0.2, -0.15) is 0 Å². The number of anilines is 1. The van der Waals surface area contributed by atoms with Gasteiger partial charge >= 0.3 is 0 Å². The average molecular weight is 305 g/mol. The van der Waals surface area contributed by atoms with Crippen LogP contribution in [0.4, 0.5) is 5.69 Å². The van der Waals surface area contributed by atoms with Crippen LogP contribution >= 0.6 is 0 Å². The number of rotatable bonds is 6. The van der Waals surface area contributed by atoms with Gasteiger partial charge in [0.2, 0.25) is 11.8 Å². The fraction of sp³-hybridized carbons (Fsp3) is 0.529. The highest BCUT2D eigenvalue weighted by atomic mass is 16.2. The van der Waals surface area contributed by atoms with Crippen LogP contribution in [0.1, 0.15) is 26.3 Å². The molecule has 1 unspecified atom stereocenters. The second kappa shape index (κ2) is 7.82. The molecule has 0 saturated carbocycles. The normalized spacial score (nSPS) is 12.0. The van der Waals surface area contributed by atoms with Gasteiger partial charge < -0.3 is 15.1 Å². The SMILES string of the molecule is CC(=O)NC(C(=O)N(C)Cc1ccc(N(C)C)cc1)C(C)C. The van der Waals surface area contributed by atoms with E-state index in [1.54, 1.807) is 11.9 Å². The summed E-state index contributed by atoms with van der Waals surface area (Å²) in [6.07, 6.45) is 0. The lowest BCUT2D eigenvalue weighted by atomic mass is 10.0. The monoisotopic (exact) mass is 305 g/mol. The van der Waals surface area contributed by atoms with Crippen molar-refractivity contribution < 1.29 is 9.59 Å². The molecule has 22 heavy (non-hydrogen) atoms. The first-order chi connectivity index (χ1) is 10.2. The molecule has 1 aromatic carbocycles. The van der Waals surface area contributed by atoms with Crippen LogP contribution in [0.15, 0.2) is 24.3 Å². The van der Waals surface area contributed by atoms with E-state index in [0.29, 0.717) is 6.54 Å². The van der Waals surface area contributed by atoms with Gasteiger partial charge in [-0.1, -0.05) is 26.0 Å². The van der Waals surface area contributed by atoms with Crippen molar-refractivity contribution in [1.29, 1.82) is 0 Å². The van der Waals surface area contributed by atoms with Crippen molar-refractivity contribution in [2.75, 3.05) is 26.0 Å². The number of carbonyl (C=O) groups excluding carboxylic acids is 2. The molecule has 1 rings (SSSR count). The average Bonchev–Trinajstić information content (AvgIpc) is 2.44. The minimum Gasteiger partial charge on any atom is -0.378 e. The van der Waals surface area contributed by atoms with Gasteiger partial charge in [-0.3, -0.25) is 9.59 Å². The third-order valence-corrected chi connectivity index (χ3v) is 3.54. The third kappa shape index (κ3) is 5.06. The van der Waals surface area contributed by atoms with Crippen molar-refractivity contribution in [3.63, 3.8) is 0 Å². The molecule has 1 N–H and O–H groups in total. The lowest BCUT2D eigenvalue weighted by Gasteiger charge is -2.27. The zero-order valence-corrected chi connectivity index (χ0v) is 14.4. The van der Waals surface area contributed by atoms with E-state index in [2.05, 4.69) is 5.32 Å². The van der Waals surface area contributed by atoms with E-state index in [9.17, 15) is 9.59 Å². The quantitative estimate of drug-likeness (QED) is 0.873. The van der Waals surface area contributed by atoms with Crippen molar-refractivity contribution in [3.8, 4) is 0 Å². The minimum absolute atomic E-state index is 0.0509. The maximum absolute atomic E-state index is 12.5. The molecule has 0 aliphatic rings. The number of nitrogens with one attached hydrogen (secondary N) is 1. The molecule has 2 amide bonds. The molecule has 0 saturated heterocycles. The predicted molar refractivity (Wildman–Crippen MR) is 89.7 cm³/mol. The Bertz CT molecular complexity index is 509. The summed E-state index contributed by atoms with van der Waals surface area (Å²) in [5, 5.41) is 2.73. The molecule has 5 heteroatoms. The van der Waals surface area contributed by atoms with Crippen LogP contribution in [0, 0.1) is 5.92 Å². The number of amides is 2. The fourth-order valence-corrected chi connectivity index (χ4v) is 2.22. The summed E-state index contributed by atoms with van der Waals surface area (Å²) in [6, 6.07) is 7.61. The summed E-state index contributed by atoms with van der Waals surface area (Å²) in [5.41, 5.74) is 2.18. The molecule has 0 aromatic heterocycles. The summed E-state index contributed by atoms with van der Waals surface area (Å²) in [7, 11) is 5.75. The Hall–Kier alpha value is -2.04. The first-order valence-corrected chi connectivity index (χ1v) is 7.50. The van der Waals surface area contributed by atoms with Gasteiger partial charge in [0.25, 0.3) is 0 Å². The van der Waals surface area contributed by atoms with E-state index in [1.807, 2.05) is 57.1 Å². The third-order valence-electron chi connectivity index (χ3n) is 3.54. The van der Waals surface area contributed by atoms with E-state index in [0.717, 1.165) is 11.3 Å². The van der Waals surface area contributed by atoms with Crippen LogP contribution in [0.2, 0.25) is 0 Å². The van der Waals surface area contributed by atoms with Crippen molar-refractivity contribution in [2.24, 2.45) is 5.92 Å². The topological polar surface area (TPSA) is 52.7 Å². The number of likely N-dealkylation sites (N-methyl/N-ethyl adjacent to an activating group) is 1. The molecule has 0 spiro atoms. The van der Waals surface area contributed by atoms with E-state index < -0.39 is 6.04 Å². The molecule has 1 atom stereocenters. The fourth-order valence-electron chi connectivity index (χ4n) is 2.22. The first-order valence-electron chi connectivity index (χ1n) is 7.50. The summed E-state index contributed by atoms with van der Waals surface area (Å²) >= 11 is 0. The molecule has 5 nitrogen and oxygen atoms in total. The second-order valence-corrected chi connectivity index (χ2v) is 6.18. The smallest absolute Gasteiger partial charge is 0.245 e. The molecule has 1 aromatic rings. The Morgan fingerprint density at radius 2 is 1.64 bits per heavy atom. The highest BCUT2D eigenvalue weighted by Crippen LogP contribution is 2.14. The molecule has 122 valence electrons. The zero-order chi connectivity index (χ0) is 16.9. The molecule has 0 aliphatic heterocycles. The van der Waals surface area contributed by atoms with Crippen LogP contribution < -0.4 is 10.2 Å². The van der Waals surface area contributed by atoms with Gasteiger partial charge in [0.1, 0.15) is 6.04 Å². The Morgan fingerprint density at radius 1 is 1.09 bits per heavy atom. The zero-order valence-electron chi connectivity index (χ0n) is 14.4. The van der Waals surface area contributed by atoms with Gasteiger partial charge in [-0.25, -0.2) is 0 Å². The van der Waals surface area contributed by atoms with E-state index in [-0.39, 0.29) is 17.7 Å². The molecule has 0 heterocycles. The highest BCUT2D eigenvalue weighted by molar-refractivity contribution is 5.86. The molecule has 0 bridgehead atoms. The number of carbonyl (C=O) groups is 2. The minimum atomic E-state index is -0.483. The summed E-state index contributed by atoms with van der Waals surface area (Å²) < 4.78 is 0. The van der Waals surface area contributed by atoms with Crippen LogP contribution in [0.25, 0.3) is 0 Å². The number of hydrogen-bond donors (Lipinski definition) is 1. The van der Waals surface area contributed by atoms with E-state index in [1.165, 1.54) is 6.92 Å². The Morgan fingerprint density at radius 3 is 2.05 bits per heavy atom. The number of nitrogens with zero attached hydrogens (tertiary/aromatic N) is 2. The Kier molecular flexibility index (Phi) is 6.40. The van der Waals surface area contributed by atoms with Crippen molar-refractivity contribution >= 4 is 17.5 Å². The van der Waals surface area contributed by atoms with Gasteiger partial charge in [-0.05, 0) is 23.6 Å². The highest BCUT2D eigenvalue weighted by Gasteiger charge is 2.25. The lowest BCUT2D eigenvalue weighted by Crippen LogP contribution is -2.49. The predicted octanol–water partition coefficient (Wildman–Crippen LogP) is 1.87.